The molecule has 1 saturated heterocycles. The zero-order valence-electron chi connectivity index (χ0n) is 13.4. The molecule has 114 valence electrons. The Balaban J connectivity index is 2.04. The van der Waals surface area contributed by atoms with Gasteiger partial charge in [-0.25, -0.2) is 0 Å². The molecule has 1 aliphatic rings. The molecule has 0 amide bonds. The fraction of sp³-hybridized carbons (Fsp3) is 0.812. The number of hydrogen-bond acceptors (Lipinski definition) is 3. The van der Waals surface area contributed by atoms with Crippen LogP contribution in [0, 0.1) is 0 Å². The topological polar surface area (TPSA) is 41.3 Å². The Morgan fingerprint density at radius 1 is 1.30 bits per heavy atom. The molecular weight excluding hydrogens is 250 g/mol. The second-order valence-corrected chi connectivity index (χ2v) is 6.33. The van der Waals surface area contributed by atoms with Gasteiger partial charge in [0.15, 0.2) is 0 Å². The molecule has 2 rings (SSSR count). The lowest BCUT2D eigenvalue weighted by molar-refractivity contribution is -0.0284. The number of piperidine rings is 1. The maximum absolute atomic E-state index is 10.9. The molecule has 1 aromatic heterocycles. The summed E-state index contributed by atoms with van der Waals surface area (Å²) in [6.45, 7) is 11.6. The summed E-state index contributed by atoms with van der Waals surface area (Å²) in [4.78, 5) is 2.45. The standard InChI is InChI=1S/C16H29N3O/c1-5-14-11-15(19(6-2)17-14)12-16(20)7-9-18(10-8-16)13(3)4/h11,13,20H,5-10,12H2,1-4H3. The summed E-state index contributed by atoms with van der Waals surface area (Å²) < 4.78 is 2.05. The molecule has 0 saturated carbocycles. The second-order valence-electron chi connectivity index (χ2n) is 6.33. The van der Waals surface area contributed by atoms with Crippen LogP contribution in [0.15, 0.2) is 6.07 Å². The molecule has 1 fully saturated rings. The quantitative estimate of drug-likeness (QED) is 0.899. The largest absolute Gasteiger partial charge is 0.389 e. The fourth-order valence-corrected chi connectivity index (χ4v) is 3.07. The van der Waals surface area contributed by atoms with Gasteiger partial charge < -0.3 is 10.0 Å². The van der Waals surface area contributed by atoms with E-state index in [0.29, 0.717) is 6.04 Å². The lowest BCUT2D eigenvalue weighted by atomic mass is 9.86. The Hall–Kier alpha value is -0.870. The summed E-state index contributed by atoms with van der Waals surface area (Å²) in [7, 11) is 0. The van der Waals surface area contributed by atoms with Crippen molar-refractivity contribution in [2.24, 2.45) is 0 Å². The lowest BCUT2D eigenvalue weighted by Crippen LogP contribution is -2.48. The minimum Gasteiger partial charge on any atom is -0.389 e. The van der Waals surface area contributed by atoms with Crippen molar-refractivity contribution < 1.29 is 5.11 Å². The molecule has 1 aliphatic heterocycles. The SMILES string of the molecule is CCc1cc(CC2(O)CCN(C(C)C)CC2)n(CC)n1. The van der Waals surface area contributed by atoms with Crippen molar-refractivity contribution in [1.82, 2.24) is 14.7 Å². The number of likely N-dealkylation sites (tertiary alicyclic amines) is 1. The Kier molecular flexibility index (Phi) is 4.86. The zero-order chi connectivity index (χ0) is 14.8. The Labute approximate surface area is 122 Å². The lowest BCUT2D eigenvalue weighted by Gasteiger charge is -2.40. The van der Waals surface area contributed by atoms with Crippen molar-refractivity contribution in [2.45, 2.75) is 71.6 Å². The van der Waals surface area contributed by atoms with Gasteiger partial charge in [-0.2, -0.15) is 5.10 Å². The van der Waals surface area contributed by atoms with E-state index in [-0.39, 0.29) is 0 Å². The smallest absolute Gasteiger partial charge is 0.0727 e. The van der Waals surface area contributed by atoms with Crippen LogP contribution in [0.5, 0.6) is 0 Å². The summed E-state index contributed by atoms with van der Waals surface area (Å²) in [6, 6.07) is 2.74. The third-order valence-electron chi connectivity index (χ3n) is 4.54. The van der Waals surface area contributed by atoms with Gasteiger partial charge in [0.25, 0.3) is 0 Å². The average molecular weight is 279 g/mol. The molecule has 0 atom stereocenters. The number of hydrogen-bond donors (Lipinski definition) is 1. The first-order chi connectivity index (χ1) is 9.47. The summed E-state index contributed by atoms with van der Waals surface area (Å²) in [5, 5.41) is 15.4. The maximum atomic E-state index is 10.9. The van der Waals surface area contributed by atoms with Crippen LogP contribution < -0.4 is 0 Å². The third-order valence-corrected chi connectivity index (χ3v) is 4.54. The first kappa shape index (κ1) is 15.5. The summed E-state index contributed by atoms with van der Waals surface area (Å²) in [5.41, 5.74) is 1.76. The van der Waals surface area contributed by atoms with Gasteiger partial charge in [0.05, 0.1) is 11.3 Å². The van der Waals surface area contributed by atoms with E-state index in [9.17, 15) is 5.11 Å². The summed E-state index contributed by atoms with van der Waals surface area (Å²) in [6.07, 6.45) is 3.42. The van der Waals surface area contributed by atoms with E-state index in [0.717, 1.165) is 51.0 Å². The highest BCUT2D eigenvalue weighted by atomic mass is 16.3. The number of aromatic nitrogens is 2. The predicted octanol–water partition coefficient (Wildman–Crippen LogP) is 2.24. The normalized spacial score (nSPS) is 19.7. The number of nitrogens with zero attached hydrogens (tertiary/aromatic N) is 3. The molecule has 2 heterocycles. The molecule has 0 spiro atoms. The molecule has 0 bridgehead atoms. The van der Waals surface area contributed by atoms with Crippen molar-refractivity contribution in [3.05, 3.63) is 17.5 Å². The predicted molar refractivity (Wildman–Crippen MR) is 81.9 cm³/mol. The maximum Gasteiger partial charge on any atom is 0.0727 e. The minimum atomic E-state index is -0.552. The van der Waals surface area contributed by atoms with Crippen LogP contribution in [0.3, 0.4) is 0 Å². The summed E-state index contributed by atoms with van der Waals surface area (Å²) in [5.74, 6) is 0. The molecule has 0 aromatic carbocycles. The average Bonchev–Trinajstić information content (AvgIpc) is 2.80. The molecule has 0 aliphatic carbocycles. The first-order valence-corrected chi connectivity index (χ1v) is 7.99. The highest BCUT2D eigenvalue weighted by molar-refractivity contribution is 5.13. The molecule has 20 heavy (non-hydrogen) atoms. The van der Waals surface area contributed by atoms with Gasteiger partial charge in [0.2, 0.25) is 0 Å². The molecule has 1 aromatic rings. The van der Waals surface area contributed by atoms with Crippen molar-refractivity contribution in [1.29, 1.82) is 0 Å². The van der Waals surface area contributed by atoms with Gasteiger partial charge in [0.1, 0.15) is 0 Å². The summed E-state index contributed by atoms with van der Waals surface area (Å²) >= 11 is 0. The molecule has 0 unspecified atom stereocenters. The molecular formula is C16H29N3O. The van der Waals surface area contributed by atoms with Gasteiger partial charge in [0, 0.05) is 37.8 Å². The van der Waals surface area contributed by atoms with E-state index < -0.39 is 5.60 Å². The molecule has 4 nitrogen and oxygen atoms in total. The van der Waals surface area contributed by atoms with E-state index in [1.807, 2.05) is 4.68 Å². The van der Waals surface area contributed by atoms with Crippen LogP contribution in [0.25, 0.3) is 0 Å². The van der Waals surface area contributed by atoms with Crippen LogP contribution in [-0.4, -0.2) is 44.5 Å². The van der Waals surface area contributed by atoms with Gasteiger partial charge in [-0.05, 0) is 46.1 Å². The molecule has 4 heteroatoms. The second kappa shape index (κ2) is 6.27. The van der Waals surface area contributed by atoms with Gasteiger partial charge in [-0.1, -0.05) is 6.92 Å². The number of aryl methyl sites for hydroxylation is 2. The highest BCUT2D eigenvalue weighted by Gasteiger charge is 2.34. The van der Waals surface area contributed by atoms with Gasteiger partial charge >= 0.3 is 0 Å². The van der Waals surface area contributed by atoms with Gasteiger partial charge in [-0.15, -0.1) is 0 Å². The number of aliphatic hydroxyl groups is 1. The Morgan fingerprint density at radius 2 is 1.95 bits per heavy atom. The van der Waals surface area contributed by atoms with Crippen molar-refractivity contribution in [3.8, 4) is 0 Å². The van der Waals surface area contributed by atoms with Crippen LogP contribution in [0.1, 0.15) is 51.9 Å². The fourth-order valence-electron chi connectivity index (χ4n) is 3.07. The number of rotatable bonds is 5. The van der Waals surface area contributed by atoms with Crippen molar-refractivity contribution >= 4 is 0 Å². The molecule has 1 N–H and O–H groups in total. The Bertz CT molecular complexity index is 431. The Morgan fingerprint density at radius 3 is 2.45 bits per heavy atom. The van der Waals surface area contributed by atoms with Gasteiger partial charge in [-0.3, -0.25) is 4.68 Å². The zero-order valence-corrected chi connectivity index (χ0v) is 13.4. The van der Waals surface area contributed by atoms with E-state index in [1.165, 1.54) is 5.69 Å². The third kappa shape index (κ3) is 3.41. The minimum absolute atomic E-state index is 0.552. The van der Waals surface area contributed by atoms with Crippen LogP contribution >= 0.6 is 0 Å². The van der Waals surface area contributed by atoms with Crippen molar-refractivity contribution in [3.63, 3.8) is 0 Å². The monoisotopic (exact) mass is 279 g/mol. The van der Waals surface area contributed by atoms with Crippen LogP contribution in [-0.2, 0) is 19.4 Å². The van der Waals surface area contributed by atoms with E-state index in [1.54, 1.807) is 0 Å². The van der Waals surface area contributed by atoms with Crippen LogP contribution in [0.4, 0.5) is 0 Å². The van der Waals surface area contributed by atoms with E-state index >= 15 is 0 Å². The van der Waals surface area contributed by atoms with E-state index in [2.05, 4.69) is 43.8 Å². The van der Waals surface area contributed by atoms with Crippen LogP contribution in [0.2, 0.25) is 0 Å². The first-order valence-electron chi connectivity index (χ1n) is 7.99. The molecule has 0 radical (unpaired) electrons. The van der Waals surface area contributed by atoms with E-state index in [4.69, 9.17) is 0 Å². The van der Waals surface area contributed by atoms with Crippen molar-refractivity contribution in [2.75, 3.05) is 13.1 Å². The highest BCUT2D eigenvalue weighted by Crippen LogP contribution is 2.27.